The predicted molar refractivity (Wildman–Crippen MR) is 78.1 cm³/mol. The van der Waals surface area contributed by atoms with Gasteiger partial charge < -0.3 is 4.74 Å². The predicted octanol–water partition coefficient (Wildman–Crippen LogP) is 2.89. The van der Waals surface area contributed by atoms with Gasteiger partial charge in [-0.2, -0.15) is 0 Å². The Labute approximate surface area is 116 Å². The van der Waals surface area contributed by atoms with E-state index in [0.29, 0.717) is 13.2 Å². The fraction of sp³-hybridized carbons (Fsp3) is 0.562. The van der Waals surface area contributed by atoms with Crippen molar-refractivity contribution in [2.75, 3.05) is 26.2 Å². The lowest BCUT2D eigenvalue weighted by molar-refractivity contribution is -0.144. The number of benzene rings is 1. The molecule has 1 aromatic rings. The summed E-state index contributed by atoms with van der Waals surface area (Å²) in [6, 6.07) is 10.5. The number of ether oxygens (including phenoxy) is 1. The normalized spacial score (nSPS) is 10.7. The van der Waals surface area contributed by atoms with Crippen LogP contribution < -0.4 is 0 Å². The van der Waals surface area contributed by atoms with Crippen molar-refractivity contribution in [3.8, 4) is 0 Å². The lowest BCUT2D eigenvalue weighted by Gasteiger charge is -2.20. The van der Waals surface area contributed by atoms with E-state index >= 15 is 0 Å². The average molecular weight is 263 g/mol. The summed E-state index contributed by atoms with van der Waals surface area (Å²) in [6.45, 7) is 6.75. The highest BCUT2D eigenvalue weighted by atomic mass is 16.5. The van der Waals surface area contributed by atoms with Crippen molar-refractivity contribution in [1.82, 2.24) is 4.90 Å². The van der Waals surface area contributed by atoms with Gasteiger partial charge in [-0.25, -0.2) is 0 Å². The second-order valence-electron chi connectivity index (χ2n) is 4.67. The van der Waals surface area contributed by atoms with E-state index in [4.69, 9.17) is 4.74 Å². The summed E-state index contributed by atoms with van der Waals surface area (Å²) in [5, 5.41) is 0. The van der Waals surface area contributed by atoms with Crippen LogP contribution in [0.1, 0.15) is 32.3 Å². The lowest BCUT2D eigenvalue weighted by atomic mass is 10.1. The smallest absolute Gasteiger partial charge is 0.320 e. The standard InChI is InChI=1S/C16H25NO2/c1-3-12-17(14-16(18)19-4-2)13-8-11-15-9-6-5-7-10-15/h5-7,9-10H,3-4,8,11-14H2,1-2H3. The van der Waals surface area contributed by atoms with E-state index in [0.717, 1.165) is 32.4 Å². The number of hydrogen-bond donors (Lipinski definition) is 0. The molecule has 0 bridgehead atoms. The summed E-state index contributed by atoms with van der Waals surface area (Å²) >= 11 is 0. The Morgan fingerprint density at radius 2 is 1.89 bits per heavy atom. The van der Waals surface area contributed by atoms with E-state index < -0.39 is 0 Å². The Hall–Kier alpha value is -1.35. The van der Waals surface area contributed by atoms with Crippen LogP contribution in [-0.4, -0.2) is 37.1 Å². The first kappa shape index (κ1) is 15.7. The van der Waals surface area contributed by atoms with Crippen LogP contribution in [0.25, 0.3) is 0 Å². The molecule has 3 heteroatoms. The summed E-state index contributed by atoms with van der Waals surface area (Å²) in [6.07, 6.45) is 3.19. The molecule has 0 heterocycles. The monoisotopic (exact) mass is 263 g/mol. The molecule has 0 spiro atoms. The van der Waals surface area contributed by atoms with Crippen LogP contribution in [0.5, 0.6) is 0 Å². The highest BCUT2D eigenvalue weighted by Gasteiger charge is 2.10. The van der Waals surface area contributed by atoms with Crippen molar-refractivity contribution in [3.63, 3.8) is 0 Å². The molecule has 0 aliphatic heterocycles. The van der Waals surface area contributed by atoms with Crippen molar-refractivity contribution in [1.29, 1.82) is 0 Å². The minimum Gasteiger partial charge on any atom is -0.465 e. The fourth-order valence-corrected chi connectivity index (χ4v) is 2.13. The van der Waals surface area contributed by atoms with Crippen molar-refractivity contribution in [2.45, 2.75) is 33.1 Å². The first-order valence-corrected chi connectivity index (χ1v) is 7.18. The molecule has 0 atom stereocenters. The summed E-state index contributed by atoms with van der Waals surface area (Å²) in [5.41, 5.74) is 1.36. The van der Waals surface area contributed by atoms with Gasteiger partial charge in [0.25, 0.3) is 0 Å². The van der Waals surface area contributed by atoms with Crippen molar-refractivity contribution < 1.29 is 9.53 Å². The van der Waals surface area contributed by atoms with Gasteiger partial charge in [-0.15, -0.1) is 0 Å². The Balaban J connectivity index is 2.30. The van der Waals surface area contributed by atoms with Crippen molar-refractivity contribution in [2.24, 2.45) is 0 Å². The minimum absolute atomic E-state index is 0.115. The van der Waals surface area contributed by atoms with Gasteiger partial charge in [-0.05, 0) is 44.8 Å². The van der Waals surface area contributed by atoms with Gasteiger partial charge in [0.15, 0.2) is 0 Å². The first-order valence-electron chi connectivity index (χ1n) is 7.18. The molecule has 0 N–H and O–H groups in total. The number of carbonyl (C=O) groups excluding carboxylic acids is 1. The zero-order valence-corrected chi connectivity index (χ0v) is 12.1. The molecular weight excluding hydrogens is 238 g/mol. The highest BCUT2D eigenvalue weighted by molar-refractivity contribution is 5.71. The molecule has 3 nitrogen and oxygen atoms in total. The van der Waals surface area contributed by atoms with Gasteiger partial charge in [-0.1, -0.05) is 37.3 Å². The topological polar surface area (TPSA) is 29.5 Å². The Morgan fingerprint density at radius 1 is 1.16 bits per heavy atom. The lowest BCUT2D eigenvalue weighted by Crippen LogP contribution is -2.32. The maximum absolute atomic E-state index is 11.5. The summed E-state index contributed by atoms with van der Waals surface area (Å²) in [5.74, 6) is -0.115. The molecule has 0 amide bonds. The van der Waals surface area contributed by atoms with Crippen LogP contribution in [0.3, 0.4) is 0 Å². The molecule has 0 aliphatic carbocycles. The fourth-order valence-electron chi connectivity index (χ4n) is 2.13. The second kappa shape index (κ2) is 9.56. The quantitative estimate of drug-likeness (QED) is 0.642. The molecule has 0 fully saturated rings. The van der Waals surface area contributed by atoms with Gasteiger partial charge in [0, 0.05) is 0 Å². The third-order valence-corrected chi connectivity index (χ3v) is 2.98. The molecule has 0 aliphatic rings. The maximum Gasteiger partial charge on any atom is 0.320 e. The average Bonchev–Trinajstić information content (AvgIpc) is 2.40. The molecule has 1 rings (SSSR count). The van der Waals surface area contributed by atoms with Gasteiger partial charge in [-0.3, -0.25) is 9.69 Å². The summed E-state index contributed by atoms with van der Waals surface area (Å²) in [4.78, 5) is 13.7. The Bertz CT molecular complexity index is 351. The second-order valence-corrected chi connectivity index (χ2v) is 4.67. The largest absolute Gasteiger partial charge is 0.465 e. The van der Waals surface area contributed by atoms with E-state index in [1.54, 1.807) is 0 Å². The van der Waals surface area contributed by atoms with Crippen LogP contribution in [0.15, 0.2) is 30.3 Å². The van der Waals surface area contributed by atoms with Gasteiger partial charge in [0.05, 0.1) is 13.2 Å². The number of hydrogen-bond acceptors (Lipinski definition) is 3. The third-order valence-electron chi connectivity index (χ3n) is 2.98. The van der Waals surface area contributed by atoms with Crippen LogP contribution >= 0.6 is 0 Å². The van der Waals surface area contributed by atoms with E-state index in [-0.39, 0.29) is 5.97 Å². The van der Waals surface area contributed by atoms with Crippen LogP contribution in [0.2, 0.25) is 0 Å². The molecule has 0 saturated heterocycles. The Kier molecular flexibility index (Phi) is 7.91. The van der Waals surface area contributed by atoms with Crippen LogP contribution in [-0.2, 0) is 16.0 Å². The number of aryl methyl sites for hydroxylation is 1. The minimum atomic E-state index is -0.115. The molecule has 0 unspecified atom stereocenters. The van der Waals surface area contributed by atoms with Gasteiger partial charge >= 0.3 is 5.97 Å². The number of esters is 1. The highest BCUT2D eigenvalue weighted by Crippen LogP contribution is 2.04. The number of carbonyl (C=O) groups is 1. The number of rotatable bonds is 9. The molecule has 19 heavy (non-hydrogen) atoms. The molecule has 0 aromatic heterocycles. The summed E-state index contributed by atoms with van der Waals surface area (Å²) in [7, 11) is 0. The zero-order chi connectivity index (χ0) is 13.9. The number of nitrogens with zero attached hydrogens (tertiary/aromatic N) is 1. The van der Waals surface area contributed by atoms with Crippen LogP contribution in [0.4, 0.5) is 0 Å². The third kappa shape index (κ3) is 6.97. The Morgan fingerprint density at radius 3 is 2.53 bits per heavy atom. The van der Waals surface area contributed by atoms with E-state index in [1.807, 2.05) is 13.0 Å². The molecule has 0 radical (unpaired) electrons. The SMILES string of the molecule is CCCN(CCCc1ccccc1)CC(=O)OCC. The summed E-state index contributed by atoms with van der Waals surface area (Å²) < 4.78 is 5.00. The van der Waals surface area contributed by atoms with E-state index in [9.17, 15) is 4.79 Å². The maximum atomic E-state index is 11.5. The molecular formula is C16H25NO2. The van der Waals surface area contributed by atoms with Crippen molar-refractivity contribution >= 4 is 5.97 Å². The van der Waals surface area contributed by atoms with E-state index in [1.165, 1.54) is 5.56 Å². The van der Waals surface area contributed by atoms with E-state index in [2.05, 4.69) is 36.1 Å². The van der Waals surface area contributed by atoms with Crippen molar-refractivity contribution in [3.05, 3.63) is 35.9 Å². The first-order chi connectivity index (χ1) is 9.26. The van der Waals surface area contributed by atoms with Gasteiger partial charge in [0.1, 0.15) is 0 Å². The molecule has 0 saturated carbocycles. The molecule has 106 valence electrons. The molecule has 1 aromatic carbocycles. The van der Waals surface area contributed by atoms with Crippen LogP contribution in [0, 0.1) is 0 Å². The van der Waals surface area contributed by atoms with Gasteiger partial charge in [0.2, 0.25) is 0 Å². The zero-order valence-electron chi connectivity index (χ0n) is 12.1.